The Morgan fingerprint density at radius 3 is 2.38 bits per heavy atom. The molecule has 3 N–H and O–H groups in total. The normalized spacial score (nSPS) is 9.62. The van der Waals surface area contributed by atoms with Crippen LogP contribution < -0.4 is 16.0 Å². The van der Waals surface area contributed by atoms with E-state index in [2.05, 4.69) is 16.0 Å². The summed E-state index contributed by atoms with van der Waals surface area (Å²) in [6.07, 6.45) is 0. The summed E-state index contributed by atoms with van der Waals surface area (Å²) in [6, 6.07) is 6.99. The number of rotatable bonds is 4. The third-order valence-electron chi connectivity index (χ3n) is 1.80. The van der Waals surface area contributed by atoms with E-state index in [0.29, 0.717) is 11.4 Å². The van der Waals surface area contributed by atoms with Gasteiger partial charge < -0.3 is 16.0 Å². The van der Waals surface area contributed by atoms with Gasteiger partial charge in [0, 0.05) is 18.3 Å². The van der Waals surface area contributed by atoms with E-state index in [1.807, 2.05) is 0 Å². The van der Waals surface area contributed by atoms with Gasteiger partial charge in [0.05, 0.1) is 6.54 Å². The molecule has 16 heavy (non-hydrogen) atoms. The van der Waals surface area contributed by atoms with Crippen LogP contribution in [0.4, 0.5) is 11.4 Å². The summed E-state index contributed by atoms with van der Waals surface area (Å²) in [5.74, 6) is -0.263. The van der Waals surface area contributed by atoms with Crippen molar-refractivity contribution in [3.63, 3.8) is 0 Å². The van der Waals surface area contributed by atoms with Crippen molar-refractivity contribution in [3.8, 4) is 0 Å². The standard InChI is InChI=1S/C11H15N3O2/c1-8(15)13-9-4-3-5-10(6-9)14-11(16)7-12-2/h3-6,12H,7H2,1-2H3,(H,13,15)(H,14,16). The molecule has 5 nitrogen and oxygen atoms in total. The first-order valence-corrected chi connectivity index (χ1v) is 4.94. The second-order valence-corrected chi connectivity index (χ2v) is 3.34. The molecular formula is C11H15N3O2. The van der Waals surface area contributed by atoms with E-state index in [0.717, 1.165) is 0 Å². The van der Waals surface area contributed by atoms with Crippen LogP contribution in [0.5, 0.6) is 0 Å². The minimum atomic E-state index is -0.140. The van der Waals surface area contributed by atoms with Gasteiger partial charge in [-0.2, -0.15) is 0 Å². The van der Waals surface area contributed by atoms with Gasteiger partial charge in [0.15, 0.2) is 0 Å². The molecule has 0 spiro atoms. The van der Waals surface area contributed by atoms with Gasteiger partial charge in [-0.05, 0) is 25.2 Å². The zero-order valence-corrected chi connectivity index (χ0v) is 9.33. The zero-order valence-electron chi connectivity index (χ0n) is 9.33. The predicted molar refractivity (Wildman–Crippen MR) is 63.3 cm³/mol. The van der Waals surface area contributed by atoms with Gasteiger partial charge in [0.2, 0.25) is 11.8 Å². The van der Waals surface area contributed by atoms with Crippen molar-refractivity contribution >= 4 is 23.2 Å². The lowest BCUT2D eigenvalue weighted by Crippen LogP contribution is -2.25. The largest absolute Gasteiger partial charge is 0.326 e. The van der Waals surface area contributed by atoms with Gasteiger partial charge in [-0.15, -0.1) is 0 Å². The molecule has 1 aromatic rings. The highest BCUT2D eigenvalue weighted by atomic mass is 16.2. The Bertz CT molecular complexity index is 391. The molecule has 86 valence electrons. The second kappa shape index (κ2) is 5.87. The smallest absolute Gasteiger partial charge is 0.238 e. The van der Waals surface area contributed by atoms with Crippen molar-refractivity contribution in [2.45, 2.75) is 6.92 Å². The number of carbonyl (C=O) groups is 2. The van der Waals surface area contributed by atoms with Crippen LogP contribution in [0.25, 0.3) is 0 Å². The summed E-state index contributed by atoms with van der Waals surface area (Å²) >= 11 is 0. The molecule has 0 aliphatic rings. The van der Waals surface area contributed by atoms with Crippen molar-refractivity contribution in [1.29, 1.82) is 0 Å². The Balaban J connectivity index is 2.67. The lowest BCUT2D eigenvalue weighted by molar-refractivity contribution is -0.115. The Morgan fingerprint density at radius 2 is 1.81 bits per heavy atom. The van der Waals surface area contributed by atoms with E-state index < -0.39 is 0 Å². The lowest BCUT2D eigenvalue weighted by atomic mass is 10.2. The third kappa shape index (κ3) is 4.10. The molecule has 0 aromatic heterocycles. The molecular weight excluding hydrogens is 206 g/mol. The van der Waals surface area contributed by atoms with Gasteiger partial charge in [-0.25, -0.2) is 0 Å². The molecule has 0 atom stereocenters. The minimum Gasteiger partial charge on any atom is -0.326 e. The average molecular weight is 221 g/mol. The number of anilines is 2. The number of amides is 2. The highest BCUT2D eigenvalue weighted by molar-refractivity contribution is 5.94. The van der Waals surface area contributed by atoms with Crippen molar-refractivity contribution in [2.24, 2.45) is 0 Å². The van der Waals surface area contributed by atoms with Crippen LogP contribution in [0.2, 0.25) is 0 Å². The molecule has 0 bridgehead atoms. The summed E-state index contributed by atoms with van der Waals surface area (Å²) in [5, 5.41) is 8.10. The fraction of sp³-hybridized carbons (Fsp3) is 0.273. The van der Waals surface area contributed by atoms with E-state index in [9.17, 15) is 9.59 Å². The van der Waals surface area contributed by atoms with Crippen LogP contribution in [0, 0.1) is 0 Å². The number of benzene rings is 1. The maximum atomic E-state index is 11.3. The summed E-state index contributed by atoms with van der Waals surface area (Å²) in [6.45, 7) is 1.69. The van der Waals surface area contributed by atoms with Crippen LogP contribution in [-0.2, 0) is 9.59 Å². The van der Waals surface area contributed by atoms with Crippen LogP contribution in [0.15, 0.2) is 24.3 Å². The van der Waals surface area contributed by atoms with Crippen molar-refractivity contribution in [1.82, 2.24) is 5.32 Å². The van der Waals surface area contributed by atoms with E-state index in [1.54, 1.807) is 31.3 Å². The van der Waals surface area contributed by atoms with Gasteiger partial charge in [-0.3, -0.25) is 9.59 Å². The molecule has 1 rings (SSSR count). The number of hydrogen-bond donors (Lipinski definition) is 3. The monoisotopic (exact) mass is 221 g/mol. The maximum Gasteiger partial charge on any atom is 0.238 e. The van der Waals surface area contributed by atoms with Crippen LogP contribution >= 0.6 is 0 Å². The molecule has 1 aromatic carbocycles. The molecule has 0 heterocycles. The van der Waals surface area contributed by atoms with Crippen LogP contribution in [-0.4, -0.2) is 25.4 Å². The Hall–Kier alpha value is -1.88. The second-order valence-electron chi connectivity index (χ2n) is 3.34. The first kappa shape index (κ1) is 12.2. The average Bonchev–Trinajstić information content (AvgIpc) is 2.17. The lowest BCUT2D eigenvalue weighted by Gasteiger charge is -2.07. The summed E-state index contributed by atoms with van der Waals surface area (Å²) in [7, 11) is 1.70. The van der Waals surface area contributed by atoms with Crippen molar-refractivity contribution in [2.75, 3.05) is 24.2 Å². The maximum absolute atomic E-state index is 11.3. The first-order valence-electron chi connectivity index (χ1n) is 4.94. The zero-order chi connectivity index (χ0) is 12.0. The topological polar surface area (TPSA) is 70.2 Å². The number of hydrogen-bond acceptors (Lipinski definition) is 3. The third-order valence-corrected chi connectivity index (χ3v) is 1.80. The Kier molecular flexibility index (Phi) is 4.47. The molecule has 2 amide bonds. The van der Waals surface area contributed by atoms with Crippen molar-refractivity contribution in [3.05, 3.63) is 24.3 Å². The molecule has 0 unspecified atom stereocenters. The number of likely N-dealkylation sites (N-methyl/N-ethyl adjacent to an activating group) is 1. The van der Waals surface area contributed by atoms with Gasteiger partial charge in [0.25, 0.3) is 0 Å². The molecule has 0 saturated carbocycles. The van der Waals surface area contributed by atoms with Gasteiger partial charge in [0.1, 0.15) is 0 Å². The Morgan fingerprint density at radius 1 is 1.19 bits per heavy atom. The van der Waals surface area contributed by atoms with Crippen molar-refractivity contribution < 1.29 is 9.59 Å². The minimum absolute atomic E-state index is 0.123. The van der Waals surface area contributed by atoms with E-state index in [4.69, 9.17) is 0 Å². The van der Waals surface area contributed by atoms with Gasteiger partial charge >= 0.3 is 0 Å². The molecule has 5 heteroatoms. The molecule has 0 aliphatic carbocycles. The number of nitrogens with one attached hydrogen (secondary N) is 3. The quantitative estimate of drug-likeness (QED) is 0.704. The fourth-order valence-electron chi connectivity index (χ4n) is 1.24. The molecule has 0 aliphatic heterocycles. The Labute approximate surface area is 94.2 Å². The highest BCUT2D eigenvalue weighted by Gasteiger charge is 2.01. The summed E-state index contributed by atoms with van der Waals surface area (Å²) in [4.78, 5) is 22.1. The number of carbonyl (C=O) groups excluding carboxylic acids is 2. The van der Waals surface area contributed by atoms with Crippen LogP contribution in [0.1, 0.15) is 6.92 Å². The van der Waals surface area contributed by atoms with E-state index in [1.165, 1.54) is 6.92 Å². The summed E-state index contributed by atoms with van der Waals surface area (Å²) < 4.78 is 0. The van der Waals surface area contributed by atoms with Gasteiger partial charge in [-0.1, -0.05) is 6.07 Å². The first-order chi connectivity index (χ1) is 7.61. The molecule has 0 saturated heterocycles. The molecule has 0 fully saturated rings. The molecule has 0 radical (unpaired) electrons. The predicted octanol–water partition coefficient (Wildman–Crippen LogP) is 0.803. The SMILES string of the molecule is CNCC(=O)Nc1cccc(NC(C)=O)c1. The van der Waals surface area contributed by atoms with E-state index in [-0.39, 0.29) is 18.4 Å². The van der Waals surface area contributed by atoms with Crippen LogP contribution in [0.3, 0.4) is 0 Å². The highest BCUT2D eigenvalue weighted by Crippen LogP contribution is 2.14. The summed E-state index contributed by atoms with van der Waals surface area (Å²) in [5.41, 5.74) is 1.32. The van der Waals surface area contributed by atoms with E-state index >= 15 is 0 Å². The fourth-order valence-corrected chi connectivity index (χ4v) is 1.24.